The number of hydrogen-bond donors (Lipinski definition) is 1. The molecule has 1 aliphatic rings. The molecule has 0 unspecified atom stereocenters. The molecule has 1 N–H and O–H groups in total. The van der Waals surface area contributed by atoms with Crippen LogP contribution in [0.4, 0.5) is 18.9 Å². The van der Waals surface area contributed by atoms with Crippen LogP contribution in [0.1, 0.15) is 10.5 Å². The average molecular weight is 448 g/mol. The maximum absolute atomic E-state index is 12.7. The average Bonchev–Trinajstić information content (AvgIpc) is 3.30. The minimum absolute atomic E-state index is 0.0830. The molecule has 8 nitrogen and oxygen atoms in total. The summed E-state index contributed by atoms with van der Waals surface area (Å²) in [5.41, 5.74) is 2.41. The van der Waals surface area contributed by atoms with Crippen LogP contribution < -0.4 is 4.90 Å². The van der Waals surface area contributed by atoms with Gasteiger partial charge in [-0.3, -0.25) is 9.78 Å². The summed E-state index contributed by atoms with van der Waals surface area (Å²) < 4.78 is 37.1. The maximum Gasteiger partial charge on any atom is 0.490 e. The summed E-state index contributed by atoms with van der Waals surface area (Å²) in [7, 11) is 0. The van der Waals surface area contributed by atoms with Crippen molar-refractivity contribution in [3.05, 3.63) is 66.6 Å². The Morgan fingerprint density at radius 3 is 2.12 bits per heavy atom. The monoisotopic (exact) mass is 448 g/mol. The van der Waals surface area contributed by atoms with Crippen LogP contribution in [0.15, 0.2) is 65.4 Å². The largest absolute Gasteiger partial charge is 0.490 e. The molecule has 0 aliphatic carbocycles. The molecule has 1 amide bonds. The number of carboxylic acids is 1. The number of carboxylic acid groups (broad SMARTS) is 1. The molecule has 0 radical (unpaired) electrons. The van der Waals surface area contributed by atoms with E-state index in [-0.39, 0.29) is 5.91 Å². The first-order chi connectivity index (χ1) is 15.3. The van der Waals surface area contributed by atoms with Crippen LogP contribution in [0.5, 0.6) is 0 Å². The second-order valence-corrected chi connectivity index (χ2v) is 6.73. The zero-order chi connectivity index (χ0) is 23.1. The van der Waals surface area contributed by atoms with Crippen molar-refractivity contribution >= 4 is 17.6 Å². The van der Waals surface area contributed by atoms with Gasteiger partial charge < -0.3 is 19.4 Å². The van der Waals surface area contributed by atoms with E-state index in [1.165, 1.54) is 0 Å². The molecule has 1 aromatic carbocycles. The second kappa shape index (κ2) is 9.94. The van der Waals surface area contributed by atoms with E-state index in [1.807, 2.05) is 47.4 Å². The summed E-state index contributed by atoms with van der Waals surface area (Å²) in [6.45, 7) is 2.90. The van der Waals surface area contributed by atoms with E-state index in [0.29, 0.717) is 24.5 Å². The number of carbonyl (C=O) groups excluding carboxylic acids is 1. The minimum atomic E-state index is -5.08. The molecule has 2 aromatic heterocycles. The molecule has 32 heavy (non-hydrogen) atoms. The molecule has 1 aliphatic heterocycles. The first kappa shape index (κ1) is 22.8. The fourth-order valence-electron chi connectivity index (χ4n) is 3.00. The van der Waals surface area contributed by atoms with E-state index < -0.39 is 12.1 Å². The Bertz CT molecular complexity index is 1030. The van der Waals surface area contributed by atoms with E-state index in [0.717, 1.165) is 24.3 Å². The highest BCUT2D eigenvalue weighted by Gasteiger charge is 2.38. The van der Waals surface area contributed by atoms with Crippen molar-refractivity contribution in [1.29, 1.82) is 0 Å². The number of piperazine rings is 1. The molecule has 3 aromatic rings. The molecule has 11 heteroatoms. The third-order valence-corrected chi connectivity index (χ3v) is 4.62. The van der Waals surface area contributed by atoms with Gasteiger partial charge in [-0.05, 0) is 12.1 Å². The number of aliphatic carboxylic acids is 1. The highest BCUT2D eigenvalue weighted by molar-refractivity contribution is 5.93. The predicted octanol–water partition coefficient (Wildman–Crippen LogP) is 3.33. The Morgan fingerprint density at radius 2 is 1.56 bits per heavy atom. The van der Waals surface area contributed by atoms with Gasteiger partial charge in [-0.15, -0.1) is 0 Å². The van der Waals surface area contributed by atoms with Crippen LogP contribution in [-0.2, 0) is 4.79 Å². The van der Waals surface area contributed by atoms with Crippen LogP contribution in [0, 0.1) is 0 Å². The van der Waals surface area contributed by atoms with Gasteiger partial charge in [0, 0.05) is 55.9 Å². The van der Waals surface area contributed by atoms with Crippen molar-refractivity contribution in [2.24, 2.45) is 0 Å². The number of hydrogen-bond acceptors (Lipinski definition) is 6. The number of rotatable bonds is 3. The fourth-order valence-corrected chi connectivity index (χ4v) is 3.00. The molecule has 1 fully saturated rings. The molecule has 0 atom stereocenters. The van der Waals surface area contributed by atoms with Gasteiger partial charge in [-0.25, -0.2) is 4.79 Å². The molecule has 0 spiro atoms. The minimum Gasteiger partial charge on any atom is -0.475 e. The molecular formula is C21H19F3N4O4. The zero-order valence-corrected chi connectivity index (χ0v) is 16.7. The number of alkyl halides is 3. The molecular weight excluding hydrogens is 429 g/mol. The van der Waals surface area contributed by atoms with E-state index in [2.05, 4.69) is 15.0 Å². The number of benzene rings is 1. The molecule has 0 saturated carbocycles. The Hall–Kier alpha value is -3.89. The fraction of sp³-hybridized carbons (Fsp3) is 0.238. The van der Waals surface area contributed by atoms with Crippen molar-refractivity contribution in [2.45, 2.75) is 6.18 Å². The SMILES string of the molecule is O=C(O)C(F)(F)F.O=C(c1cc(-c2ccccc2)on1)N1CCN(c2ccncc2)CC1. The number of pyridine rings is 1. The van der Waals surface area contributed by atoms with Gasteiger partial charge in [0.2, 0.25) is 0 Å². The Morgan fingerprint density at radius 1 is 0.969 bits per heavy atom. The van der Waals surface area contributed by atoms with Gasteiger partial charge >= 0.3 is 12.1 Å². The van der Waals surface area contributed by atoms with Gasteiger partial charge in [0.05, 0.1) is 0 Å². The van der Waals surface area contributed by atoms with Gasteiger partial charge in [0.1, 0.15) is 0 Å². The van der Waals surface area contributed by atoms with Crippen LogP contribution in [0.25, 0.3) is 11.3 Å². The lowest BCUT2D eigenvalue weighted by Gasteiger charge is -2.35. The first-order valence-corrected chi connectivity index (χ1v) is 9.52. The molecule has 0 bridgehead atoms. The Labute approximate surface area is 180 Å². The number of aromatic nitrogens is 2. The maximum atomic E-state index is 12.7. The highest BCUT2D eigenvalue weighted by Crippen LogP contribution is 2.21. The molecule has 1 saturated heterocycles. The van der Waals surface area contributed by atoms with Gasteiger partial charge in [0.15, 0.2) is 11.5 Å². The van der Waals surface area contributed by atoms with Gasteiger partial charge in [-0.1, -0.05) is 35.5 Å². The van der Waals surface area contributed by atoms with E-state index in [9.17, 15) is 18.0 Å². The molecule has 4 rings (SSSR count). The lowest BCUT2D eigenvalue weighted by molar-refractivity contribution is -0.192. The number of anilines is 1. The van der Waals surface area contributed by atoms with Crippen LogP contribution in [0.3, 0.4) is 0 Å². The third kappa shape index (κ3) is 5.84. The van der Waals surface area contributed by atoms with Crippen LogP contribution in [0.2, 0.25) is 0 Å². The second-order valence-electron chi connectivity index (χ2n) is 6.73. The number of nitrogens with zero attached hydrogens (tertiary/aromatic N) is 4. The van der Waals surface area contributed by atoms with Crippen molar-refractivity contribution in [3.63, 3.8) is 0 Å². The summed E-state index contributed by atoms with van der Waals surface area (Å²) >= 11 is 0. The van der Waals surface area contributed by atoms with Crippen molar-refractivity contribution in [1.82, 2.24) is 15.0 Å². The standard InChI is InChI=1S/C19H18N4O2.C2HF3O2/c24-19(17-14-18(25-21-17)15-4-2-1-3-5-15)23-12-10-22(11-13-23)16-6-8-20-9-7-16;3-2(4,5)1(6)7/h1-9,14H,10-13H2;(H,6,7). The summed E-state index contributed by atoms with van der Waals surface area (Å²) in [5.74, 6) is -2.23. The first-order valence-electron chi connectivity index (χ1n) is 9.52. The summed E-state index contributed by atoms with van der Waals surface area (Å²) in [5, 5.41) is 11.1. The van der Waals surface area contributed by atoms with Crippen LogP contribution >= 0.6 is 0 Å². The summed E-state index contributed by atoms with van der Waals surface area (Å²) in [6, 6.07) is 15.4. The lowest BCUT2D eigenvalue weighted by atomic mass is 10.1. The summed E-state index contributed by atoms with van der Waals surface area (Å²) in [6.07, 6.45) is -1.51. The highest BCUT2D eigenvalue weighted by atomic mass is 19.4. The quantitative estimate of drug-likeness (QED) is 0.656. The van der Waals surface area contributed by atoms with E-state index in [1.54, 1.807) is 18.5 Å². The van der Waals surface area contributed by atoms with Crippen molar-refractivity contribution in [2.75, 3.05) is 31.1 Å². The predicted molar refractivity (Wildman–Crippen MR) is 108 cm³/mol. The smallest absolute Gasteiger partial charge is 0.475 e. The van der Waals surface area contributed by atoms with Crippen molar-refractivity contribution in [3.8, 4) is 11.3 Å². The lowest BCUT2D eigenvalue weighted by Crippen LogP contribution is -2.48. The van der Waals surface area contributed by atoms with Crippen LogP contribution in [-0.4, -0.2) is 64.4 Å². The number of carbonyl (C=O) groups is 2. The molecule has 3 heterocycles. The van der Waals surface area contributed by atoms with Crippen molar-refractivity contribution < 1.29 is 32.4 Å². The van der Waals surface area contributed by atoms with Gasteiger partial charge in [-0.2, -0.15) is 13.2 Å². The summed E-state index contributed by atoms with van der Waals surface area (Å²) in [4.78, 5) is 29.7. The van der Waals surface area contributed by atoms with E-state index >= 15 is 0 Å². The number of halogens is 3. The Balaban J connectivity index is 0.000000360. The zero-order valence-electron chi connectivity index (χ0n) is 16.7. The van der Waals surface area contributed by atoms with E-state index in [4.69, 9.17) is 14.4 Å². The topological polar surface area (TPSA) is 99.8 Å². The normalized spacial score (nSPS) is 13.8. The number of amides is 1. The third-order valence-electron chi connectivity index (χ3n) is 4.62. The Kier molecular flexibility index (Phi) is 7.08. The van der Waals surface area contributed by atoms with Gasteiger partial charge in [0.25, 0.3) is 5.91 Å². The molecule has 168 valence electrons.